The van der Waals surface area contributed by atoms with Crippen LogP contribution in [-0.2, 0) is 14.3 Å². The lowest BCUT2D eigenvalue weighted by molar-refractivity contribution is -0.0278. The molecule has 4 atom stereocenters. The number of hydrogen-bond donors (Lipinski definition) is 1. The molecular weight excluding hydrogens is 158 g/mol. The molecule has 1 aliphatic rings. The van der Waals surface area contributed by atoms with Gasteiger partial charge < -0.3 is 14.3 Å². The van der Waals surface area contributed by atoms with Crippen molar-refractivity contribution in [2.24, 2.45) is 11.8 Å². The van der Waals surface area contributed by atoms with Crippen molar-refractivity contribution in [2.75, 3.05) is 13.7 Å². The smallest absolute Gasteiger partial charge is 0.0945 e. The van der Waals surface area contributed by atoms with Crippen LogP contribution in [-0.4, -0.2) is 32.0 Å². The van der Waals surface area contributed by atoms with Gasteiger partial charge in [0.25, 0.3) is 0 Å². The summed E-state index contributed by atoms with van der Waals surface area (Å²) in [6, 6.07) is 0. The van der Waals surface area contributed by atoms with Crippen LogP contribution < -0.4 is 5.90 Å². The van der Waals surface area contributed by atoms with E-state index in [9.17, 15) is 0 Å². The van der Waals surface area contributed by atoms with Gasteiger partial charge in [0.15, 0.2) is 0 Å². The molecule has 4 nitrogen and oxygen atoms in total. The molecule has 0 saturated carbocycles. The van der Waals surface area contributed by atoms with E-state index >= 15 is 0 Å². The Kier molecular flexibility index (Phi) is 3.46. The van der Waals surface area contributed by atoms with Crippen molar-refractivity contribution >= 4 is 0 Å². The molecule has 2 N–H and O–H groups in total. The number of methoxy groups -OCH3 is 1. The highest BCUT2D eigenvalue weighted by Gasteiger charge is 2.39. The second-order valence-electron chi connectivity index (χ2n) is 3.27. The van der Waals surface area contributed by atoms with Crippen LogP contribution in [0.25, 0.3) is 0 Å². The zero-order valence-electron chi connectivity index (χ0n) is 7.82. The lowest BCUT2D eigenvalue weighted by atomic mass is 9.99. The molecule has 0 aliphatic carbocycles. The maximum atomic E-state index is 5.59. The van der Waals surface area contributed by atoms with E-state index in [1.54, 1.807) is 7.11 Å². The minimum atomic E-state index is 0.0648. The molecule has 1 rings (SSSR count). The minimum Gasteiger partial charge on any atom is -0.378 e. The van der Waals surface area contributed by atoms with Gasteiger partial charge >= 0.3 is 0 Å². The Bertz CT molecular complexity index is 142. The second kappa shape index (κ2) is 4.18. The highest BCUT2D eigenvalue weighted by Crippen LogP contribution is 2.28. The largest absolute Gasteiger partial charge is 0.378 e. The van der Waals surface area contributed by atoms with Crippen molar-refractivity contribution in [1.82, 2.24) is 0 Å². The fourth-order valence-electron chi connectivity index (χ4n) is 1.81. The number of rotatable bonds is 3. The highest BCUT2D eigenvalue weighted by atomic mass is 16.6. The summed E-state index contributed by atoms with van der Waals surface area (Å²) in [5, 5.41) is 0. The first kappa shape index (κ1) is 9.92. The second-order valence-corrected chi connectivity index (χ2v) is 3.27. The molecule has 0 aromatic rings. The Hall–Kier alpha value is -0.160. The predicted octanol–water partition coefficient (Wildman–Crippen LogP) is 0.315. The first-order valence-electron chi connectivity index (χ1n) is 4.20. The summed E-state index contributed by atoms with van der Waals surface area (Å²) in [6.07, 6.45) is 0.352. The van der Waals surface area contributed by atoms with E-state index in [-0.39, 0.29) is 18.3 Å². The van der Waals surface area contributed by atoms with Crippen LogP contribution in [0, 0.1) is 5.92 Å². The van der Waals surface area contributed by atoms with E-state index in [1.165, 1.54) is 0 Å². The lowest BCUT2D eigenvalue weighted by Crippen LogP contribution is -2.28. The summed E-state index contributed by atoms with van der Waals surface area (Å²) in [7, 11) is 1.70. The van der Waals surface area contributed by atoms with Gasteiger partial charge in [-0.1, -0.05) is 6.92 Å². The summed E-state index contributed by atoms with van der Waals surface area (Å²) in [6.45, 7) is 4.52. The van der Waals surface area contributed by atoms with Crippen LogP contribution in [0.1, 0.15) is 13.8 Å². The van der Waals surface area contributed by atoms with E-state index in [1.807, 2.05) is 6.92 Å². The molecule has 0 spiro atoms. The topological polar surface area (TPSA) is 53.7 Å². The molecule has 0 bridgehead atoms. The first-order chi connectivity index (χ1) is 5.70. The van der Waals surface area contributed by atoms with Crippen molar-refractivity contribution in [3.05, 3.63) is 0 Å². The van der Waals surface area contributed by atoms with Crippen LogP contribution >= 0.6 is 0 Å². The highest BCUT2D eigenvalue weighted by molar-refractivity contribution is 4.86. The zero-order valence-corrected chi connectivity index (χ0v) is 7.82. The van der Waals surface area contributed by atoms with Crippen LogP contribution in [0.2, 0.25) is 0 Å². The van der Waals surface area contributed by atoms with E-state index in [0.717, 1.165) is 0 Å². The van der Waals surface area contributed by atoms with Crippen molar-refractivity contribution < 1.29 is 14.3 Å². The van der Waals surface area contributed by atoms with E-state index in [4.69, 9.17) is 15.4 Å². The van der Waals surface area contributed by atoms with Crippen molar-refractivity contribution in [1.29, 1.82) is 0 Å². The third kappa shape index (κ3) is 1.77. The predicted molar refractivity (Wildman–Crippen MR) is 44.4 cm³/mol. The molecule has 0 aromatic carbocycles. The maximum Gasteiger partial charge on any atom is 0.0945 e. The summed E-state index contributed by atoms with van der Waals surface area (Å²) >= 11 is 0. The third-order valence-corrected chi connectivity index (χ3v) is 2.49. The fraction of sp³-hybridized carbons (Fsp3) is 1.00. The van der Waals surface area contributed by atoms with Crippen LogP contribution in [0.3, 0.4) is 0 Å². The maximum absolute atomic E-state index is 5.59. The zero-order chi connectivity index (χ0) is 9.14. The van der Waals surface area contributed by atoms with Crippen LogP contribution in [0.4, 0.5) is 0 Å². The lowest BCUT2D eigenvalue weighted by Gasteiger charge is -2.16. The van der Waals surface area contributed by atoms with Crippen molar-refractivity contribution in [3.8, 4) is 0 Å². The Morgan fingerprint density at radius 1 is 1.42 bits per heavy atom. The molecule has 1 fully saturated rings. The SMILES string of the molecule is CO[C@H]1C(C)[C@@H](CON)O[C@H]1C. The summed E-state index contributed by atoms with van der Waals surface area (Å²) in [5.74, 6) is 5.32. The Balaban J connectivity index is 2.49. The third-order valence-electron chi connectivity index (χ3n) is 2.49. The fourth-order valence-corrected chi connectivity index (χ4v) is 1.81. The molecule has 1 saturated heterocycles. The van der Waals surface area contributed by atoms with Crippen LogP contribution in [0.15, 0.2) is 0 Å². The molecule has 72 valence electrons. The van der Waals surface area contributed by atoms with Crippen molar-refractivity contribution in [2.45, 2.75) is 32.2 Å². The Morgan fingerprint density at radius 2 is 2.08 bits per heavy atom. The minimum absolute atomic E-state index is 0.0648. The molecule has 1 aliphatic heterocycles. The Labute approximate surface area is 72.9 Å². The number of nitrogens with two attached hydrogens (primary N) is 1. The molecule has 1 unspecified atom stereocenters. The average Bonchev–Trinajstić information content (AvgIpc) is 2.29. The van der Waals surface area contributed by atoms with E-state index in [2.05, 4.69) is 11.8 Å². The van der Waals surface area contributed by atoms with Gasteiger partial charge in [-0.3, -0.25) is 0 Å². The number of ether oxygens (including phenoxy) is 2. The van der Waals surface area contributed by atoms with E-state index in [0.29, 0.717) is 12.5 Å². The first-order valence-corrected chi connectivity index (χ1v) is 4.20. The molecule has 0 aromatic heterocycles. The van der Waals surface area contributed by atoms with Crippen LogP contribution in [0.5, 0.6) is 0 Å². The van der Waals surface area contributed by atoms with Gasteiger partial charge in [-0.05, 0) is 6.92 Å². The van der Waals surface area contributed by atoms with Gasteiger partial charge in [0.05, 0.1) is 24.9 Å². The molecular formula is C8H17NO3. The molecule has 0 radical (unpaired) electrons. The Morgan fingerprint density at radius 3 is 2.50 bits per heavy atom. The monoisotopic (exact) mass is 175 g/mol. The average molecular weight is 175 g/mol. The normalized spacial score (nSPS) is 42.0. The van der Waals surface area contributed by atoms with Gasteiger partial charge in [-0.2, -0.15) is 0 Å². The summed E-state index contributed by atoms with van der Waals surface area (Å²) < 4.78 is 10.9. The molecule has 1 heterocycles. The molecule has 12 heavy (non-hydrogen) atoms. The summed E-state index contributed by atoms with van der Waals surface area (Å²) in [5.41, 5.74) is 0. The number of hydrogen-bond acceptors (Lipinski definition) is 4. The van der Waals surface area contributed by atoms with Crippen molar-refractivity contribution in [3.63, 3.8) is 0 Å². The summed E-state index contributed by atoms with van der Waals surface area (Å²) in [4.78, 5) is 4.56. The molecule has 4 heteroatoms. The van der Waals surface area contributed by atoms with Gasteiger partial charge in [0, 0.05) is 13.0 Å². The van der Waals surface area contributed by atoms with Gasteiger partial charge in [-0.25, -0.2) is 5.90 Å². The standard InChI is InChI=1S/C8H17NO3/c1-5-7(4-11-9)12-6(2)8(5)10-3/h5-8H,4,9H2,1-3H3/t5?,6-,7+,8-/m0/s1. The molecule has 0 amide bonds. The van der Waals surface area contributed by atoms with Gasteiger partial charge in [-0.15, -0.1) is 0 Å². The van der Waals surface area contributed by atoms with Gasteiger partial charge in [0.2, 0.25) is 0 Å². The quantitative estimate of drug-likeness (QED) is 0.627. The van der Waals surface area contributed by atoms with Gasteiger partial charge in [0.1, 0.15) is 0 Å². The van der Waals surface area contributed by atoms with E-state index < -0.39 is 0 Å².